The quantitative estimate of drug-likeness (QED) is 0.802. The molecule has 1 aromatic carbocycles. The minimum atomic E-state index is -0.423. The molecule has 0 spiro atoms. The first-order valence-electron chi connectivity index (χ1n) is 6.88. The summed E-state index contributed by atoms with van der Waals surface area (Å²) in [6, 6.07) is 3.99. The molecule has 21 heavy (non-hydrogen) atoms. The standard InChI is InChI=1S/C16H22FN3O/c1-12(8-10-20(2)3)19-16(21)15-7-6-14(17)11-13(15)5-4-9-18/h6-7,11-12H,8-10,18H2,1-3H3,(H,19,21). The molecule has 0 aromatic heterocycles. The molecule has 0 aliphatic heterocycles. The van der Waals surface area contributed by atoms with E-state index >= 15 is 0 Å². The molecule has 0 saturated carbocycles. The number of amides is 1. The summed E-state index contributed by atoms with van der Waals surface area (Å²) >= 11 is 0. The van der Waals surface area contributed by atoms with Gasteiger partial charge in [-0.1, -0.05) is 11.8 Å². The predicted octanol–water partition coefficient (Wildman–Crippen LogP) is 1.21. The summed E-state index contributed by atoms with van der Waals surface area (Å²) in [4.78, 5) is 14.3. The summed E-state index contributed by atoms with van der Waals surface area (Å²) < 4.78 is 13.3. The van der Waals surface area contributed by atoms with Crippen LogP contribution >= 0.6 is 0 Å². The minimum Gasteiger partial charge on any atom is -0.349 e. The van der Waals surface area contributed by atoms with Gasteiger partial charge in [0, 0.05) is 11.6 Å². The number of nitrogens with two attached hydrogens (primary N) is 1. The minimum absolute atomic E-state index is 0.0280. The van der Waals surface area contributed by atoms with Gasteiger partial charge in [0.05, 0.1) is 12.1 Å². The smallest absolute Gasteiger partial charge is 0.252 e. The van der Waals surface area contributed by atoms with Crippen LogP contribution in [-0.4, -0.2) is 44.0 Å². The van der Waals surface area contributed by atoms with Crippen LogP contribution in [-0.2, 0) is 0 Å². The molecule has 0 fully saturated rings. The van der Waals surface area contributed by atoms with Crippen molar-refractivity contribution in [2.24, 2.45) is 5.73 Å². The van der Waals surface area contributed by atoms with E-state index in [9.17, 15) is 9.18 Å². The molecule has 0 heterocycles. The van der Waals surface area contributed by atoms with Crippen molar-refractivity contribution in [3.8, 4) is 11.8 Å². The third-order valence-electron chi connectivity index (χ3n) is 2.94. The molecule has 0 aliphatic carbocycles. The Morgan fingerprint density at radius 1 is 1.48 bits per heavy atom. The van der Waals surface area contributed by atoms with Crippen LogP contribution in [0.2, 0.25) is 0 Å². The van der Waals surface area contributed by atoms with Crippen LogP contribution < -0.4 is 11.1 Å². The number of nitrogens with one attached hydrogen (secondary N) is 1. The lowest BCUT2D eigenvalue weighted by Crippen LogP contribution is -2.35. The lowest BCUT2D eigenvalue weighted by Gasteiger charge is -2.17. The van der Waals surface area contributed by atoms with Gasteiger partial charge < -0.3 is 16.0 Å². The largest absolute Gasteiger partial charge is 0.349 e. The van der Waals surface area contributed by atoms with Gasteiger partial charge in [-0.25, -0.2) is 4.39 Å². The monoisotopic (exact) mass is 291 g/mol. The third kappa shape index (κ3) is 5.94. The van der Waals surface area contributed by atoms with Crippen molar-refractivity contribution in [3.63, 3.8) is 0 Å². The topological polar surface area (TPSA) is 58.4 Å². The first-order valence-corrected chi connectivity index (χ1v) is 6.88. The molecule has 1 amide bonds. The van der Waals surface area contributed by atoms with Crippen LogP contribution in [0.25, 0.3) is 0 Å². The van der Waals surface area contributed by atoms with Crippen LogP contribution in [0.1, 0.15) is 29.3 Å². The van der Waals surface area contributed by atoms with Crippen molar-refractivity contribution in [1.29, 1.82) is 0 Å². The molecule has 114 valence electrons. The highest BCUT2D eigenvalue weighted by Gasteiger charge is 2.13. The highest BCUT2D eigenvalue weighted by atomic mass is 19.1. The molecule has 3 N–H and O–H groups in total. The van der Waals surface area contributed by atoms with E-state index in [0.29, 0.717) is 11.1 Å². The lowest BCUT2D eigenvalue weighted by molar-refractivity contribution is 0.0936. The van der Waals surface area contributed by atoms with Crippen LogP contribution in [0.5, 0.6) is 0 Å². The summed E-state index contributed by atoms with van der Waals surface area (Å²) in [7, 11) is 3.96. The zero-order valence-corrected chi connectivity index (χ0v) is 12.7. The Labute approximate surface area is 125 Å². The number of hydrogen-bond acceptors (Lipinski definition) is 3. The van der Waals surface area contributed by atoms with Gasteiger partial charge in [-0.2, -0.15) is 0 Å². The Balaban J connectivity index is 2.82. The van der Waals surface area contributed by atoms with Crippen molar-refractivity contribution in [1.82, 2.24) is 10.2 Å². The zero-order chi connectivity index (χ0) is 15.8. The second-order valence-corrected chi connectivity index (χ2v) is 5.16. The van der Waals surface area contributed by atoms with Crippen LogP contribution in [0.3, 0.4) is 0 Å². The number of carbonyl (C=O) groups excluding carboxylic acids is 1. The highest BCUT2D eigenvalue weighted by Crippen LogP contribution is 2.11. The maximum atomic E-state index is 13.3. The Hall–Kier alpha value is -1.90. The van der Waals surface area contributed by atoms with E-state index in [2.05, 4.69) is 22.1 Å². The molecule has 1 atom stereocenters. The van der Waals surface area contributed by atoms with Crippen LogP contribution in [0, 0.1) is 17.7 Å². The van der Waals surface area contributed by atoms with E-state index in [1.54, 1.807) is 0 Å². The molecule has 0 radical (unpaired) electrons. The van der Waals surface area contributed by atoms with Gasteiger partial charge in [0.2, 0.25) is 0 Å². The summed E-state index contributed by atoms with van der Waals surface area (Å²) in [6.45, 7) is 2.98. The number of carbonyl (C=O) groups is 1. The second-order valence-electron chi connectivity index (χ2n) is 5.16. The van der Waals surface area contributed by atoms with Crippen molar-refractivity contribution < 1.29 is 9.18 Å². The molecule has 5 heteroatoms. The fourth-order valence-electron chi connectivity index (χ4n) is 1.79. The number of benzene rings is 1. The average molecular weight is 291 g/mol. The Kier molecular flexibility index (Phi) is 6.86. The van der Waals surface area contributed by atoms with E-state index in [-0.39, 0.29) is 18.5 Å². The molecule has 0 aliphatic rings. The van der Waals surface area contributed by atoms with Gasteiger partial charge in [-0.3, -0.25) is 4.79 Å². The van der Waals surface area contributed by atoms with Crippen molar-refractivity contribution in [2.75, 3.05) is 27.2 Å². The second kappa shape index (κ2) is 8.40. The fraction of sp³-hybridized carbons (Fsp3) is 0.438. The van der Waals surface area contributed by atoms with E-state index in [1.165, 1.54) is 18.2 Å². The zero-order valence-electron chi connectivity index (χ0n) is 12.7. The average Bonchev–Trinajstić information content (AvgIpc) is 2.42. The fourth-order valence-corrected chi connectivity index (χ4v) is 1.79. The Morgan fingerprint density at radius 2 is 2.19 bits per heavy atom. The summed E-state index contributed by atoms with van der Waals surface area (Å²) in [5.74, 6) is 4.71. The van der Waals surface area contributed by atoms with E-state index in [0.717, 1.165) is 13.0 Å². The van der Waals surface area contributed by atoms with Crippen molar-refractivity contribution in [2.45, 2.75) is 19.4 Å². The first kappa shape index (κ1) is 17.2. The number of nitrogens with zero attached hydrogens (tertiary/aromatic N) is 1. The van der Waals surface area contributed by atoms with E-state index < -0.39 is 5.82 Å². The van der Waals surface area contributed by atoms with E-state index in [4.69, 9.17) is 5.73 Å². The maximum Gasteiger partial charge on any atom is 0.252 e. The SMILES string of the molecule is CC(CCN(C)C)NC(=O)c1ccc(F)cc1C#CCN. The number of halogens is 1. The third-order valence-corrected chi connectivity index (χ3v) is 2.94. The molecular weight excluding hydrogens is 269 g/mol. The molecule has 0 saturated heterocycles. The van der Waals surface area contributed by atoms with Crippen molar-refractivity contribution >= 4 is 5.91 Å². The van der Waals surface area contributed by atoms with Crippen LogP contribution in [0.4, 0.5) is 4.39 Å². The molecule has 1 aromatic rings. The normalized spacial score (nSPS) is 11.7. The van der Waals surface area contributed by atoms with Gasteiger partial charge in [0.1, 0.15) is 5.82 Å². The Morgan fingerprint density at radius 3 is 2.81 bits per heavy atom. The van der Waals surface area contributed by atoms with Gasteiger partial charge in [0.15, 0.2) is 0 Å². The molecular formula is C16H22FN3O. The van der Waals surface area contributed by atoms with Gasteiger partial charge in [-0.15, -0.1) is 0 Å². The molecule has 4 nitrogen and oxygen atoms in total. The van der Waals surface area contributed by atoms with Crippen LogP contribution in [0.15, 0.2) is 18.2 Å². The summed E-state index contributed by atoms with van der Waals surface area (Å²) in [6.07, 6.45) is 0.837. The highest BCUT2D eigenvalue weighted by molar-refractivity contribution is 5.96. The number of hydrogen-bond donors (Lipinski definition) is 2. The summed E-state index contributed by atoms with van der Waals surface area (Å²) in [5, 5.41) is 2.90. The molecule has 0 bridgehead atoms. The van der Waals surface area contributed by atoms with Gasteiger partial charge in [0.25, 0.3) is 5.91 Å². The number of rotatable bonds is 5. The Bertz CT molecular complexity index is 546. The molecule has 1 rings (SSSR count). The summed E-state index contributed by atoms with van der Waals surface area (Å²) in [5.41, 5.74) is 6.05. The van der Waals surface area contributed by atoms with Gasteiger partial charge in [-0.05, 0) is 52.2 Å². The maximum absolute atomic E-state index is 13.3. The first-order chi connectivity index (χ1) is 9.93. The lowest BCUT2D eigenvalue weighted by atomic mass is 10.1. The van der Waals surface area contributed by atoms with Gasteiger partial charge >= 0.3 is 0 Å². The molecule has 1 unspecified atom stereocenters. The predicted molar refractivity (Wildman–Crippen MR) is 82.4 cm³/mol. The van der Waals surface area contributed by atoms with E-state index in [1.807, 2.05) is 21.0 Å². The van der Waals surface area contributed by atoms with Crippen molar-refractivity contribution in [3.05, 3.63) is 35.1 Å².